The number of aliphatic hydroxyl groups excluding tert-OH is 1. The van der Waals surface area contributed by atoms with Crippen molar-refractivity contribution in [1.82, 2.24) is 25.3 Å². The molecule has 2 N–H and O–H groups in total. The number of nitrogens with one attached hydrogen (secondary N) is 1. The Balaban J connectivity index is 0.00000208. The van der Waals surface area contributed by atoms with Crippen LogP contribution in [0.2, 0.25) is 0 Å². The topological polar surface area (TPSA) is 75.9 Å². The average Bonchev–Trinajstić information content (AvgIpc) is 2.87. The maximum absolute atomic E-state index is 13.6. The first-order valence-corrected chi connectivity index (χ1v) is 7.47. The van der Waals surface area contributed by atoms with Gasteiger partial charge in [0.25, 0.3) is 5.92 Å². The molecule has 1 unspecified atom stereocenters. The molecule has 3 rings (SSSR count). The predicted molar refractivity (Wildman–Crippen MR) is 87.3 cm³/mol. The zero-order valence-corrected chi connectivity index (χ0v) is 14.3. The largest absolute Gasteiger partial charge is 0.390 e. The van der Waals surface area contributed by atoms with Gasteiger partial charge in [-0.2, -0.15) is 0 Å². The van der Waals surface area contributed by atoms with E-state index in [1.165, 1.54) is 4.68 Å². The van der Waals surface area contributed by atoms with E-state index >= 15 is 0 Å². The molecule has 0 saturated carbocycles. The van der Waals surface area contributed by atoms with Gasteiger partial charge in [-0.05, 0) is 18.6 Å². The van der Waals surface area contributed by atoms with Crippen molar-refractivity contribution < 1.29 is 13.9 Å². The summed E-state index contributed by atoms with van der Waals surface area (Å²) in [4.78, 5) is 4.49. The van der Waals surface area contributed by atoms with Gasteiger partial charge in [-0.15, -0.1) is 17.5 Å². The first-order valence-electron chi connectivity index (χ1n) is 7.47. The number of pyridine rings is 1. The van der Waals surface area contributed by atoms with Crippen LogP contribution < -0.4 is 5.32 Å². The lowest BCUT2D eigenvalue weighted by Gasteiger charge is -2.30. The predicted octanol–water partition coefficient (Wildman–Crippen LogP) is 1.81. The minimum atomic E-state index is -2.69. The fraction of sp³-hybridized carbons (Fsp3) is 0.533. The molecule has 0 radical (unpaired) electrons. The van der Waals surface area contributed by atoms with Crippen LogP contribution in [0.15, 0.2) is 12.1 Å². The Kier molecular flexibility index (Phi) is 5.52. The number of aryl methyl sites for hydroxylation is 2. The summed E-state index contributed by atoms with van der Waals surface area (Å²) in [5.41, 5.74) is 3.17. The number of alkyl halides is 2. The van der Waals surface area contributed by atoms with Crippen molar-refractivity contribution in [3.8, 4) is 11.4 Å². The average molecular weight is 360 g/mol. The molecule has 24 heavy (non-hydrogen) atoms. The first kappa shape index (κ1) is 18.7. The number of rotatable bonds is 3. The second kappa shape index (κ2) is 7.08. The zero-order valence-electron chi connectivity index (χ0n) is 13.5. The van der Waals surface area contributed by atoms with Crippen LogP contribution in [-0.2, 0) is 13.7 Å². The zero-order chi connectivity index (χ0) is 16.6. The van der Waals surface area contributed by atoms with Gasteiger partial charge < -0.3 is 10.4 Å². The highest BCUT2D eigenvalue weighted by atomic mass is 35.5. The lowest BCUT2D eigenvalue weighted by Crippen LogP contribution is -2.43. The van der Waals surface area contributed by atoms with Crippen molar-refractivity contribution in [3.05, 3.63) is 29.1 Å². The highest BCUT2D eigenvalue weighted by molar-refractivity contribution is 5.85. The molecule has 1 aliphatic heterocycles. The Bertz CT molecular complexity index is 722. The molecule has 0 aliphatic carbocycles. The molecule has 1 aliphatic rings. The molecule has 132 valence electrons. The van der Waals surface area contributed by atoms with E-state index in [0.717, 1.165) is 5.56 Å². The molecule has 0 aromatic carbocycles. The molecule has 1 atom stereocenters. The standard InChI is InChI=1S/C15H19F2N5O.ClH/c1-9-11(10-5-15(16,17)8-18-6-10)3-4-12(19-9)14-13(7-23)22(2)21-20-14;/h3-4,10,18,23H,5-8H2,1-2H3;1H. The maximum atomic E-state index is 13.6. The van der Waals surface area contributed by atoms with E-state index in [-0.39, 0.29) is 37.9 Å². The molecule has 0 bridgehead atoms. The van der Waals surface area contributed by atoms with Crippen LogP contribution in [-0.4, -0.2) is 44.1 Å². The number of nitrogens with zero attached hydrogens (tertiary/aromatic N) is 4. The van der Waals surface area contributed by atoms with Crippen LogP contribution >= 0.6 is 12.4 Å². The van der Waals surface area contributed by atoms with E-state index in [0.29, 0.717) is 29.3 Å². The number of hydrogen-bond acceptors (Lipinski definition) is 5. The van der Waals surface area contributed by atoms with Crippen LogP contribution in [0.3, 0.4) is 0 Å². The van der Waals surface area contributed by atoms with Crippen molar-refractivity contribution in [1.29, 1.82) is 0 Å². The van der Waals surface area contributed by atoms with E-state index in [1.807, 2.05) is 6.07 Å². The number of hydrogen-bond donors (Lipinski definition) is 2. The van der Waals surface area contributed by atoms with Gasteiger partial charge in [0.15, 0.2) is 0 Å². The highest BCUT2D eigenvalue weighted by Gasteiger charge is 2.37. The quantitative estimate of drug-likeness (QED) is 0.874. The van der Waals surface area contributed by atoms with Crippen LogP contribution in [0, 0.1) is 6.92 Å². The Morgan fingerprint density at radius 3 is 2.79 bits per heavy atom. The molecule has 2 aromatic rings. The Morgan fingerprint density at radius 2 is 2.17 bits per heavy atom. The summed E-state index contributed by atoms with van der Waals surface area (Å²) in [6, 6.07) is 3.57. The van der Waals surface area contributed by atoms with Gasteiger partial charge in [-0.25, -0.2) is 13.5 Å². The molecular weight excluding hydrogens is 340 g/mol. The van der Waals surface area contributed by atoms with Gasteiger partial charge in [0.1, 0.15) is 5.69 Å². The van der Waals surface area contributed by atoms with E-state index in [2.05, 4.69) is 20.6 Å². The van der Waals surface area contributed by atoms with Crippen molar-refractivity contribution in [3.63, 3.8) is 0 Å². The minimum absolute atomic E-state index is 0. The molecular formula is C15H20ClF2N5O. The third-order valence-electron chi connectivity index (χ3n) is 4.22. The molecule has 0 spiro atoms. The van der Waals surface area contributed by atoms with Crippen LogP contribution in [0.25, 0.3) is 11.4 Å². The summed E-state index contributed by atoms with van der Waals surface area (Å²) in [7, 11) is 1.69. The Labute approximate surface area is 144 Å². The van der Waals surface area contributed by atoms with Crippen molar-refractivity contribution in [2.45, 2.75) is 31.8 Å². The molecule has 1 fully saturated rings. The maximum Gasteiger partial charge on any atom is 0.260 e. The van der Waals surface area contributed by atoms with Gasteiger partial charge in [0.05, 0.1) is 24.5 Å². The SMILES string of the molecule is Cc1nc(-c2nnn(C)c2CO)ccc1C1CNCC(F)(F)C1.Cl. The van der Waals surface area contributed by atoms with Gasteiger partial charge in [-0.1, -0.05) is 11.3 Å². The number of aromatic nitrogens is 4. The summed E-state index contributed by atoms with van der Waals surface area (Å²) in [5.74, 6) is -2.96. The van der Waals surface area contributed by atoms with Crippen molar-refractivity contribution in [2.75, 3.05) is 13.1 Å². The fourth-order valence-electron chi connectivity index (χ4n) is 3.04. The smallest absolute Gasteiger partial charge is 0.260 e. The summed E-state index contributed by atoms with van der Waals surface area (Å²) in [6.07, 6.45) is -0.172. The van der Waals surface area contributed by atoms with E-state index in [1.54, 1.807) is 20.0 Å². The number of halogens is 3. The highest BCUT2D eigenvalue weighted by Crippen LogP contribution is 2.34. The second-order valence-electron chi connectivity index (χ2n) is 5.93. The molecule has 1 saturated heterocycles. The summed E-state index contributed by atoms with van der Waals surface area (Å²) in [5, 5.41) is 20.1. The summed E-state index contributed by atoms with van der Waals surface area (Å²) in [6.45, 7) is 1.86. The molecule has 2 aromatic heterocycles. The monoisotopic (exact) mass is 359 g/mol. The van der Waals surface area contributed by atoms with Gasteiger partial charge in [-0.3, -0.25) is 4.98 Å². The Morgan fingerprint density at radius 1 is 1.42 bits per heavy atom. The lowest BCUT2D eigenvalue weighted by molar-refractivity contribution is -0.0278. The molecule has 6 nitrogen and oxygen atoms in total. The van der Waals surface area contributed by atoms with Gasteiger partial charge >= 0.3 is 0 Å². The van der Waals surface area contributed by atoms with Crippen LogP contribution in [0.5, 0.6) is 0 Å². The van der Waals surface area contributed by atoms with Crippen molar-refractivity contribution in [2.24, 2.45) is 7.05 Å². The molecule has 3 heterocycles. The first-order chi connectivity index (χ1) is 10.9. The normalized spacial score (nSPS) is 19.8. The van der Waals surface area contributed by atoms with Gasteiger partial charge in [0, 0.05) is 31.6 Å². The summed E-state index contributed by atoms with van der Waals surface area (Å²) < 4.78 is 28.7. The second-order valence-corrected chi connectivity index (χ2v) is 5.93. The van der Waals surface area contributed by atoms with E-state index in [4.69, 9.17) is 0 Å². The lowest BCUT2D eigenvalue weighted by atomic mass is 9.88. The fourth-order valence-corrected chi connectivity index (χ4v) is 3.04. The number of piperidine rings is 1. The molecule has 9 heteroatoms. The minimum Gasteiger partial charge on any atom is -0.390 e. The van der Waals surface area contributed by atoms with E-state index < -0.39 is 5.92 Å². The van der Waals surface area contributed by atoms with Crippen LogP contribution in [0.1, 0.15) is 29.3 Å². The molecule has 0 amide bonds. The third-order valence-corrected chi connectivity index (χ3v) is 4.22. The van der Waals surface area contributed by atoms with E-state index in [9.17, 15) is 13.9 Å². The Hall–Kier alpha value is -1.64. The number of aliphatic hydroxyl groups is 1. The van der Waals surface area contributed by atoms with Crippen LogP contribution in [0.4, 0.5) is 8.78 Å². The third kappa shape index (κ3) is 3.55. The van der Waals surface area contributed by atoms with Gasteiger partial charge in [0.2, 0.25) is 0 Å². The summed E-state index contributed by atoms with van der Waals surface area (Å²) >= 11 is 0. The van der Waals surface area contributed by atoms with Crippen molar-refractivity contribution >= 4 is 12.4 Å².